The number of rotatable bonds is 4. The average Bonchev–Trinajstić information content (AvgIpc) is 3.29. The Balaban J connectivity index is 1.43. The van der Waals surface area contributed by atoms with Gasteiger partial charge in [0.15, 0.2) is 11.6 Å². The van der Waals surface area contributed by atoms with Crippen molar-refractivity contribution in [1.82, 2.24) is 14.9 Å². The fraction of sp³-hybridized carbons (Fsp3) is 0.286. The second-order valence-corrected chi connectivity index (χ2v) is 6.94. The number of nitrogens with zero attached hydrogens (tertiary/aromatic N) is 4. The van der Waals surface area contributed by atoms with Crippen molar-refractivity contribution in [3.63, 3.8) is 0 Å². The maximum Gasteiger partial charge on any atom is 0.416 e. The van der Waals surface area contributed by atoms with E-state index in [0.717, 1.165) is 12.1 Å². The first kappa shape index (κ1) is 20.7. The number of ether oxygens (including phenoxy) is 1. The van der Waals surface area contributed by atoms with Crippen molar-refractivity contribution in [2.75, 3.05) is 38.2 Å². The third-order valence-electron chi connectivity index (χ3n) is 4.99. The summed E-state index contributed by atoms with van der Waals surface area (Å²) in [6.45, 7) is 1.98. The SMILES string of the molecule is COc1cncc(N2CCN(C(=O)c3ccc(-c4cccc(C(F)(F)F)c4)o3)CC2)n1. The van der Waals surface area contributed by atoms with Gasteiger partial charge in [0.25, 0.3) is 5.91 Å². The van der Waals surface area contributed by atoms with Gasteiger partial charge < -0.3 is 19.0 Å². The molecule has 1 fully saturated rings. The zero-order chi connectivity index (χ0) is 22.0. The smallest absolute Gasteiger partial charge is 0.416 e. The monoisotopic (exact) mass is 432 g/mol. The first-order chi connectivity index (χ1) is 14.8. The van der Waals surface area contributed by atoms with E-state index in [1.807, 2.05) is 4.90 Å². The molecule has 31 heavy (non-hydrogen) atoms. The van der Waals surface area contributed by atoms with Gasteiger partial charge >= 0.3 is 6.18 Å². The summed E-state index contributed by atoms with van der Waals surface area (Å²) in [4.78, 5) is 24.9. The van der Waals surface area contributed by atoms with E-state index in [2.05, 4.69) is 9.97 Å². The van der Waals surface area contributed by atoms with Gasteiger partial charge in [-0.1, -0.05) is 12.1 Å². The van der Waals surface area contributed by atoms with Crippen LogP contribution in [0.25, 0.3) is 11.3 Å². The van der Waals surface area contributed by atoms with E-state index >= 15 is 0 Å². The Hall–Kier alpha value is -3.56. The number of amides is 1. The van der Waals surface area contributed by atoms with E-state index < -0.39 is 11.7 Å². The van der Waals surface area contributed by atoms with Gasteiger partial charge in [-0.05, 0) is 24.3 Å². The quantitative estimate of drug-likeness (QED) is 0.626. The molecule has 3 aromatic rings. The molecule has 1 aliphatic rings. The molecule has 162 valence electrons. The third kappa shape index (κ3) is 4.47. The van der Waals surface area contributed by atoms with E-state index in [1.54, 1.807) is 11.1 Å². The summed E-state index contributed by atoms with van der Waals surface area (Å²) in [5.74, 6) is 1.06. The molecule has 0 aliphatic carbocycles. The number of halogens is 3. The van der Waals surface area contributed by atoms with Crippen LogP contribution in [0, 0.1) is 0 Å². The molecular formula is C21H19F3N4O3. The molecule has 10 heteroatoms. The van der Waals surface area contributed by atoms with Gasteiger partial charge in [-0.25, -0.2) is 0 Å². The molecule has 1 aromatic carbocycles. The maximum absolute atomic E-state index is 12.9. The maximum atomic E-state index is 12.9. The number of alkyl halides is 3. The van der Waals surface area contributed by atoms with E-state index in [4.69, 9.17) is 9.15 Å². The standard InChI is InChI=1S/C21H19F3N4O3/c1-30-19-13-25-12-18(26-19)27-7-9-28(10-8-27)20(29)17-6-5-16(31-17)14-3-2-4-15(11-14)21(22,23)24/h2-6,11-13H,7-10H2,1H3. The summed E-state index contributed by atoms with van der Waals surface area (Å²) in [5.41, 5.74) is -0.513. The molecule has 7 nitrogen and oxygen atoms in total. The topological polar surface area (TPSA) is 71.7 Å². The molecule has 1 saturated heterocycles. The van der Waals surface area contributed by atoms with Crippen molar-refractivity contribution in [3.05, 3.63) is 60.1 Å². The largest absolute Gasteiger partial charge is 0.480 e. The molecule has 0 atom stereocenters. The van der Waals surface area contributed by atoms with Crippen LogP contribution in [0.4, 0.5) is 19.0 Å². The molecule has 0 radical (unpaired) electrons. The molecule has 0 unspecified atom stereocenters. The highest BCUT2D eigenvalue weighted by Crippen LogP contribution is 2.32. The van der Waals surface area contributed by atoms with Crippen LogP contribution in [0.1, 0.15) is 16.1 Å². The zero-order valence-electron chi connectivity index (χ0n) is 16.6. The minimum absolute atomic E-state index is 0.0852. The van der Waals surface area contributed by atoms with Crippen molar-refractivity contribution in [1.29, 1.82) is 0 Å². The zero-order valence-corrected chi connectivity index (χ0v) is 16.6. The summed E-state index contributed by atoms with van der Waals surface area (Å²) in [7, 11) is 1.52. The summed E-state index contributed by atoms with van der Waals surface area (Å²) < 4.78 is 49.5. The van der Waals surface area contributed by atoms with Crippen LogP contribution in [-0.4, -0.2) is 54.1 Å². The summed E-state index contributed by atoms with van der Waals surface area (Å²) >= 11 is 0. The number of furan rings is 1. The van der Waals surface area contributed by atoms with Gasteiger partial charge in [0.05, 0.1) is 25.1 Å². The van der Waals surface area contributed by atoms with Gasteiger partial charge in [-0.15, -0.1) is 0 Å². The normalized spacial score (nSPS) is 14.6. The van der Waals surface area contributed by atoms with Crippen LogP contribution in [0.3, 0.4) is 0 Å². The van der Waals surface area contributed by atoms with Crippen LogP contribution in [0.5, 0.6) is 5.88 Å². The van der Waals surface area contributed by atoms with E-state index in [1.165, 1.54) is 37.6 Å². The van der Waals surface area contributed by atoms with Crippen molar-refractivity contribution < 1.29 is 27.1 Å². The van der Waals surface area contributed by atoms with Gasteiger partial charge in [0.1, 0.15) is 5.76 Å². The van der Waals surface area contributed by atoms with Crippen LogP contribution in [0.2, 0.25) is 0 Å². The molecule has 1 amide bonds. The number of carbonyl (C=O) groups excluding carboxylic acids is 1. The van der Waals surface area contributed by atoms with Crippen LogP contribution in [-0.2, 0) is 6.18 Å². The lowest BCUT2D eigenvalue weighted by molar-refractivity contribution is -0.137. The number of anilines is 1. The Kier molecular flexibility index (Phi) is 5.53. The Bertz CT molecular complexity index is 1080. The Morgan fingerprint density at radius 1 is 1.10 bits per heavy atom. The van der Waals surface area contributed by atoms with Gasteiger partial charge in [0, 0.05) is 31.7 Å². The number of hydrogen-bond donors (Lipinski definition) is 0. The number of benzene rings is 1. The Labute approximate surface area is 176 Å². The van der Waals surface area contributed by atoms with Crippen LogP contribution in [0.15, 0.2) is 53.2 Å². The van der Waals surface area contributed by atoms with Gasteiger partial charge in [-0.2, -0.15) is 18.2 Å². The van der Waals surface area contributed by atoms with E-state index in [-0.39, 0.29) is 23.0 Å². The molecule has 2 aromatic heterocycles. The number of hydrogen-bond acceptors (Lipinski definition) is 6. The Morgan fingerprint density at radius 3 is 2.58 bits per heavy atom. The number of carbonyl (C=O) groups is 1. The fourth-order valence-corrected chi connectivity index (χ4v) is 3.34. The molecule has 0 N–H and O–H groups in total. The summed E-state index contributed by atoms with van der Waals surface area (Å²) in [6, 6.07) is 7.80. The predicted molar refractivity (Wildman–Crippen MR) is 106 cm³/mol. The van der Waals surface area contributed by atoms with Crippen LogP contribution >= 0.6 is 0 Å². The lowest BCUT2D eigenvalue weighted by Crippen LogP contribution is -2.49. The Morgan fingerprint density at radius 2 is 1.87 bits per heavy atom. The van der Waals surface area contributed by atoms with E-state index in [9.17, 15) is 18.0 Å². The first-order valence-electron chi connectivity index (χ1n) is 9.53. The second kappa shape index (κ2) is 8.29. The number of aromatic nitrogens is 2. The molecule has 4 rings (SSSR count). The molecule has 0 saturated carbocycles. The minimum Gasteiger partial charge on any atom is -0.480 e. The average molecular weight is 432 g/mol. The van der Waals surface area contributed by atoms with Crippen molar-refractivity contribution in [3.8, 4) is 17.2 Å². The second-order valence-electron chi connectivity index (χ2n) is 6.94. The van der Waals surface area contributed by atoms with Crippen molar-refractivity contribution >= 4 is 11.7 Å². The highest BCUT2D eigenvalue weighted by atomic mass is 19.4. The minimum atomic E-state index is -4.45. The first-order valence-corrected chi connectivity index (χ1v) is 9.53. The molecule has 0 spiro atoms. The molecule has 0 bridgehead atoms. The number of piperazine rings is 1. The predicted octanol–water partition coefficient (Wildman–Crippen LogP) is 3.73. The molecule has 1 aliphatic heterocycles. The molecular weight excluding hydrogens is 413 g/mol. The van der Waals surface area contributed by atoms with Crippen LogP contribution < -0.4 is 9.64 Å². The molecule has 3 heterocycles. The lowest BCUT2D eigenvalue weighted by atomic mass is 10.1. The lowest BCUT2D eigenvalue weighted by Gasteiger charge is -2.34. The fourth-order valence-electron chi connectivity index (χ4n) is 3.34. The summed E-state index contributed by atoms with van der Waals surface area (Å²) in [5, 5.41) is 0. The van der Waals surface area contributed by atoms with Gasteiger partial charge in [-0.3, -0.25) is 9.78 Å². The van der Waals surface area contributed by atoms with Gasteiger partial charge in [0.2, 0.25) is 5.88 Å². The van der Waals surface area contributed by atoms with E-state index in [0.29, 0.717) is 37.9 Å². The summed E-state index contributed by atoms with van der Waals surface area (Å²) in [6.07, 6.45) is -1.30. The van der Waals surface area contributed by atoms with Crippen molar-refractivity contribution in [2.45, 2.75) is 6.18 Å². The highest BCUT2D eigenvalue weighted by Gasteiger charge is 2.31. The van der Waals surface area contributed by atoms with Crippen molar-refractivity contribution in [2.24, 2.45) is 0 Å². The number of methoxy groups -OCH3 is 1. The third-order valence-corrected chi connectivity index (χ3v) is 4.99. The highest BCUT2D eigenvalue weighted by molar-refractivity contribution is 5.92.